The Hall–Kier alpha value is -1.47. The van der Waals surface area contributed by atoms with Gasteiger partial charge in [-0.05, 0) is 25.8 Å². The van der Waals surface area contributed by atoms with Crippen LogP contribution in [-0.2, 0) is 19.5 Å². The first-order valence-corrected chi connectivity index (χ1v) is 8.74. The van der Waals surface area contributed by atoms with Crippen molar-refractivity contribution >= 4 is 22.3 Å². The highest BCUT2D eigenvalue weighted by Crippen LogP contribution is 2.30. The number of piperidine rings is 1. The fourth-order valence-corrected chi connectivity index (χ4v) is 3.51. The second kappa shape index (κ2) is 6.20. The Morgan fingerprint density at radius 3 is 2.83 bits per heavy atom. The van der Waals surface area contributed by atoms with E-state index < -0.39 is 28.5 Å². The summed E-state index contributed by atoms with van der Waals surface area (Å²) in [5.41, 5.74) is 2.77. The number of hydrazine groups is 1. The molecule has 3 aliphatic rings. The number of hydrogen-bond donors (Lipinski definition) is 3. The number of carbonyl (C=O) groups is 2. The normalized spacial score (nSPS) is 29.0. The Labute approximate surface area is 133 Å². The van der Waals surface area contributed by atoms with Crippen LogP contribution in [0.4, 0.5) is 4.79 Å². The van der Waals surface area contributed by atoms with Crippen molar-refractivity contribution in [3.8, 4) is 0 Å². The molecular weight excluding hydrogens is 330 g/mol. The smallest absolute Gasteiger partial charge is 0.309 e. The fraction of sp³-hybridized carbons (Fsp3) is 0.818. The molecule has 3 aliphatic heterocycles. The SMILES string of the molecule is O=C(NN1CCCNC1)[C@H]1CC[C@H]2CN1C(=O)N2OS(=O)(=O)O. The molecule has 130 valence electrons. The number of urea groups is 1. The van der Waals surface area contributed by atoms with E-state index in [0.29, 0.717) is 24.6 Å². The second-order valence-corrected chi connectivity index (χ2v) is 6.77. The maximum atomic E-state index is 12.4. The largest absolute Gasteiger partial charge is 0.418 e. The van der Waals surface area contributed by atoms with Crippen molar-refractivity contribution in [2.45, 2.75) is 31.3 Å². The number of nitrogens with one attached hydrogen (secondary N) is 2. The van der Waals surface area contributed by atoms with Gasteiger partial charge in [-0.2, -0.15) is 13.5 Å². The zero-order valence-electron chi connectivity index (χ0n) is 12.3. The first-order chi connectivity index (χ1) is 10.8. The van der Waals surface area contributed by atoms with Gasteiger partial charge in [0.2, 0.25) is 0 Å². The van der Waals surface area contributed by atoms with Gasteiger partial charge in [0, 0.05) is 13.1 Å². The van der Waals surface area contributed by atoms with Crippen LogP contribution in [-0.4, -0.2) is 78.3 Å². The molecule has 3 fully saturated rings. The summed E-state index contributed by atoms with van der Waals surface area (Å²) in [6.07, 6.45) is 1.72. The summed E-state index contributed by atoms with van der Waals surface area (Å²) in [5.74, 6) is -0.311. The predicted molar refractivity (Wildman–Crippen MR) is 75.7 cm³/mol. The average Bonchev–Trinajstić information content (AvgIpc) is 2.72. The molecule has 0 radical (unpaired) electrons. The monoisotopic (exact) mass is 349 g/mol. The Kier molecular flexibility index (Phi) is 4.42. The zero-order chi connectivity index (χ0) is 16.6. The predicted octanol–water partition coefficient (Wildman–Crippen LogP) is -1.73. The Bertz CT molecular complexity index is 592. The van der Waals surface area contributed by atoms with Crippen molar-refractivity contribution in [3.05, 3.63) is 0 Å². The molecule has 0 aromatic carbocycles. The fourth-order valence-electron chi connectivity index (χ4n) is 3.12. The van der Waals surface area contributed by atoms with Gasteiger partial charge in [-0.3, -0.25) is 14.8 Å². The quantitative estimate of drug-likeness (QED) is 0.511. The number of hydroxylamine groups is 2. The molecule has 2 atom stereocenters. The van der Waals surface area contributed by atoms with Crippen molar-refractivity contribution in [1.82, 2.24) is 25.7 Å². The summed E-state index contributed by atoms with van der Waals surface area (Å²) in [6.45, 7) is 2.34. The molecule has 3 amide bonds. The number of nitrogens with zero attached hydrogens (tertiary/aromatic N) is 3. The molecule has 2 bridgehead atoms. The summed E-state index contributed by atoms with van der Waals surface area (Å²) in [5, 5.41) is 5.50. The molecular formula is C11H19N5O6S. The van der Waals surface area contributed by atoms with Gasteiger partial charge >= 0.3 is 16.4 Å². The van der Waals surface area contributed by atoms with Gasteiger partial charge in [-0.1, -0.05) is 0 Å². The van der Waals surface area contributed by atoms with E-state index in [1.165, 1.54) is 4.90 Å². The first-order valence-electron chi connectivity index (χ1n) is 7.38. The van der Waals surface area contributed by atoms with Crippen molar-refractivity contribution < 1.29 is 26.8 Å². The van der Waals surface area contributed by atoms with Crippen LogP contribution in [0, 0.1) is 0 Å². The van der Waals surface area contributed by atoms with Crippen LogP contribution in [0.1, 0.15) is 19.3 Å². The molecule has 0 aromatic rings. The van der Waals surface area contributed by atoms with Crippen molar-refractivity contribution in [1.29, 1.82) is 0 Å². The molecule has 11 nitrogen and oxygen atoms in total. The van der Waals surface area contributed by atoms with Crippen LogP contribution in [0.2, 0.25) is 0 Å². The number of amides is 3. The molecule has 0 unspecified atom stereocenters. The van der Waals surface area contributed by atoms with Crippen LogP contribution in [0.25, 0.3) is 0 Å². The third-order valence-corrected chi connectivity index (χ3v) is 4.50. The third kappa shape index (κ3) is 3.55. The average molecular weight is 349 g/mol. The van der Waals surface area contributed by atoms with Crippen molar-refractivity contribution in [2.24, 2.45) is 0 Å². The Morgan fingerprint density at radius 1 is 1.39 bits per heavy atom. The first kappa shape index (κ1) is 16.4. The summed E-state index contributed by atoms with van der Waals surface area (Å²) >= 11 is 0. The van der Waals surface area contributed by atoms with Crippen LogP contribution in [0.5, 0.6) is 0 Å². The molecule has 3 saturated heterocycles. The van der Waals surface area contributed by atoms with Gasteiger partial charge in [-0.15, -0.1) is 4.28 Å². The van der Waals surface area contributed by atoms with E-state index in [4.69, 9.17) is 4.55 Å². The van der Waals surface area contributed by atoms with Crippen LogP contribution in [0.3, 0.4) is 0 Å². The highest BCUT2D eigenvalue weighted by atomic mass is 32.3. The molecule has 0 aromatic heterocycles. The maximum Gasteiger partial charge on any atom is 0.418 e. The molecule has 12 heteroatoms. The molecule has 3 rings (SSSR count). The van der Waals surface area contributed by atoms with Crippen molar-refractivity contribution in [2.75, 3.05) is 26.3 Å². The zero-order valence-corrected chi connectivity index (χ0v) is 13.2. The molecule has 3 heterocycles. The standard InChI is InChI=1S/C11H19N5O6S/c17-10(13-14-5-1-4-12-7-14)9-3-2-8-6-15(9)11(18)16(8)22-23(19,20)21/h8-9,12H,1-7H2,(H,13,17)(H,19,20,21)/t8-,9+/m0/s1. The minimum absolute atomic E-state index is 0.185. The lowest BCUT2D eigenvalue weighted by atomic mass is 10.0. The van der Waals surface area contributed by atoms with E-state index >= 15 is 0 Å². The summed E-state index contributed by atoms with van der Waals surface area (Å²) < 4.78 is 34.7. The number of fused-ring (bicyclic) bond motifs is 2. The van der Waals surface area contributed by atoms with E-state index in [-0.39, 0.29) is 12.5 Å². The van der Waals surface area contributed by atoms with Gasteiger partial charge in [0.25, 0.3) is 5.91 Å². The van der Waals surface area contributed by atoms with Gasteiger partial charge in [-0.25, -0.2) is 9.80 Å². The van der Waals surface area contributed by atoms with E-state index in [9.17, 15) is 18.0 Å². The van der Waals surface area contributed by atoms with Gasteiger partial charge in [0.15, 0.2) is 0 Å². The Balaban J connectivity index is 1.64. The highest BCUT2D eigenvalue weighted by molar-refractivity contribution is 7.80. The molecule has 0 aliphatic carbocycles. The van der Waals surface area contributed by atoms with E-state index in [1.807, 2.05) is 0 Å². The number of carbonyl (C=O) groups excluding carboxylic acids is 2. The number of hydrogen-bond acceptors (Lipinski definition) is 7. The lowest BCUT2D eigenvalue weighted by Crippen LogP contribution is -2.57. The van der Waals surface area contributed by atoms with Gasteiger partial charge in [0.1, 0.15) is 6.04 Å². The van der Waals surface area contributed by atoms with E-state index in [1.54, 1.807) is 5.01 Å². The van der Waals surface area contributed by atoms with Crippen LogP contribution in [0.15, 0.2) is 0 Å². The third-order valence-electron chi connectivity index (χ3n) is 4.15. The topological polar surface area (TPSA) is 132 Å². The molecule has 0 saturated carbocycles. The number of rotatable bonds is 4. The second-order valence-electron chi connectivity index (χ2n) is 5.76. The maximum absolute atomic E-state index is 12.4. The van der Waals surface area contributed by atoms with Gasteiger partial charge in [0.05, 0.1) is 12.7 Å². The van der Waals surface area contributed by atoms with E-state index in [0.717, 1.165) is 19.5 Å². The molecule has 3 N–H and O–H groups in total. The van der Waals surface area contributed by atoms with Gasteiger partial charge < -0.3 is 10.2 Å². The lowest BCUT2D eigenvalue weighted by Gasteiger charge is -2.33. The summed E-state index contributed by atoms with van der Waals surface area (Å²) in [7, 11) is -4.78. The lowest BCUT2D eigenvalue weighted by molar-refractivity contribution is -0.131. The van der Waals surface area contributed by atoms with Crippen LogP contribution >= 0.6 is 0 Å². The van der Waals surface area contributed by atoms with E-state index in [2.05, 4.69) is 15.0 Å². The molecule has 0 spiro atoms. The van der Waals surface area contributed by atoms with Crippen LogP contribution < -0.4 is 10.7 Å². The summed E-state index contributed by atoms with van der Waals surface area (Å²) in [4.78, 5) is 25.9. The summed E-state index contributed by atoms with van der Waals surface area (Å²) in [6, 6.07) is -1.91. The molecule has 23 heavy (non-hydrogen) atoms. The van der Waals surface area contributed by atoms with Crippen molar-refractivity contribution in [3.63, 3.8) is 0 Å². The minimum atomic E-state index is -4.78. The minimum Gasteiger partial charge on any atom is -0.309 e. The Morgan fingerprint density at radius 2 is 2.17 bits per heavy atom. The highest BCUT2D eigenvalue weighted by Gasteiger charge is 2.49.